The molecule has 0 bridgehead atoms. The second-order valence-corrected chi connectivity index (χ2v) is 4.31. The number of hydrogen-bond acceptors (Lipinski definition) is 1. The Hall–Kier alpha value is -0.980. The average molecular weight is 205 g/mol. The van der Waals surface area contributed by atoms with E-state index in [4.69, 9.17) is 0 Å². The molecule has 1 N–H and O–H groups in total. The molecule has 15 heavy (non-hydrogen) atoms. The van der Waals surface area contributed by atoms with Crippen LogP contribution in [0.2, 0.25) is 0 Å². The molecule has 0 spiro atoms. The normalized spacial score (nSPS) is 10.3. The van der Waals surface area contributed by atoms with Gasteiger partial charge in [0, 0.05) is 12.2 Å². The standard InChI is InChI=1S/C14H23N/c1-4-5-6-7-10-15-14-11-12(2)8-9-13(14)3/h8-9,11,15H,4-7,10H2,1-3H3. The SMILES string of the molecule is CCCCCCNc1cc(C)ccc1C. The quantitative estimate of drug-likeness (QED) is 0.683. The fourth-order valence-electron chi connectivity index (χ4n) is 1.70. The van der Waals surface area contributed by atoms with Crippen molar-refractivity contribution in [1.82, 2.24) is 0 Å². The Kier molecular flexibility index (Phi) is 5.23. The summed E-state index contributed by atoms with van der Waals surface area (Å²) in [6.07, 6.45) is 5.29. The third kappa shape index (κ3) is 4.37. The predicted molar refractivity (Wildman–Crippen MR) is 68.5 cm³/mol. The van der Waals surface area contributed by atoms with Gasteiger partial charge in [0.05, 0.1) is 0 Å². The number of benzene rings is 1. The lowest BCUT2D eigenvalue weighted by atomic mass is 10.1. The molecule has 0 radical (unpaired) electrons. The molecule has 0 aromatic heterocycles. The van der Waals surface area contributed by atoms with Gasteiger partial charge in [0.15, 0.2) is 0 Å². The molecule has 84 valence electrons. The molecule has 0 aliphatic rings. The van der Waals surface area contributed by atoms with Crippen LogP contribution in [0.3, 0.4) is 0 Å². The van der Waals surface area contributed by atoms with Crippen molar-refractivity contribution in [3.63, 3.8) is 0 Å². The molecule has 1 aromatic rings. The summed E-state index contributed by atoms with van der Waals surface area (Å²) >= 11 is 0. The summed E-state index contributed by atoms with van der Waals surface area (Å²) in [7, 11) is 0. The van der Waals surface area contributed by atoms with E-state index in [2.05, 4.69) is 44.3 Å². The summed E-state index contributed by atoms with van der Waals surface area (Å²) in [5.41, 5.74) is 3.97. The van der Waals surface area contributed by atoms with E-state index in [1.165, 1.54) is 42.5 Å². The first-order chi connectivity index (χ1) is 7.24. The Balaban J connectivity index is 2.33. The van der Waals surface area contributed by atoms with E-state index in [0.717, 1.165) is 6.54 Å². The van der Waals surface area contributed by atoms with Crippen LogP contribution >= 0.6 is 0 Å². The van der Waals surface area contributed by atoms with E-state index in [1.807, 2.05) is 0 Å². The number of aryl methyl sites for hydroxylation is 2. The number of nitrogens with one attached hydrogen (secondary N) is 1. The first-order valence-corrected chi connectivity index (χ1v) is 6.05. The molecule has 1 rings (SSSR count). The van der Waals surface area contributed by atoms with Crippen molar-refractivity contribution < 1.29 is 0 Å². The van der Waals surface area contributed by atoms with E-state index in [1.54, 1.807) is 0 Å². The van der Waals surface area contributed by atoms with Crippen molar-refractivity contribution in [3.05, 3.63) is 29.3 Å². The molecule has 0 heterocycles. The topological polar surface area (TPSA) is 12.0 Å². The number of unbranched alkanes of at least 4 members (excludes halogenated alkanes) is 3. The van der Waals surface area contributed by atoms with Gasteiger partial charge < -0.3 is 5.32 Å². The highest BCUT2D eigenvalue weighted by Crippen LogP contribution is 2.16. The maximum Gasteiger partial charge on any atom is 0.0372 e. The lowest BCUT2D eigenvalue weighted by Gasteiger charge is -2.10. The smallest absolute Gasteiger partial charge is 0.0372 e. The van der Waals surface area contributed by atoms with Gasteiger partial charge in [-0.05, 0) is 37.5 Å². The van der Waals surface area contributed by atoms with Gasteiger partial charge in [-0.15, -0.1) is 0 Å². The van der Waals surface area contributed by atoms with Gasteiger partial charge in [-0.25, -0.2) is 0 Å². The van der Waals surface area contributed by atoms with Gasteiger partial charge in [-0.2, -0.15) is 0 Å². The van der Waals surface area contributed by atoms with Crippen molar-refractivity contribution >= 4 is 5.69 Å². The zero-order valence-corrected chi connectivity index (χ0v) is 10.3. The van der Waals surface area contributed by atoms with Crippen LogP contribution < -0.4 is 5.32 Å². The van der Waals surface area contributed by atoms with Crippen LogP contribution in [0, 0.1) is 13.8 Å². The Labute approximate surface area is 93.9 Å². The van der Waals surface area contributed by atoms with Gasteiger partial charge in [-0.3, -0.25) is 0 Å². The fraction of sp³-hybridized carbons (Fsp3) is 0.571. The summed E-state index contributed by atoms with van der Waals surface area (Å²) in [4.78, 5) is 0. The van der Waals surface area contributed by atoms with Crippen LogP contribution in [-0.2, 0) is 0 Å². The minimum Gasteiger partial charge on any atom is -0.385 e. The van der Waals surface area contributed by atoms with Crippen LogP contribution in [-0.4, -0.2) is 6.54 Å². The Morgan fingerprint density at radius 1 is 1.07 bits per heavy atom. The van der Waals surface area contributed by atoms with Crippen LogP contribution in [0.25, 0.3) is 0 Å². The summed E-state index contributed by atoms with van der Waals surface area (Å²) in [6.45, 7) is 7.65. The number of rotatable bonds is 6. The first kappa shape index (κ1) is 12.1. The lowest BCUT2D eigenvalue weighted by Crippen LogP contribution is -2.03. The molecular formula is C14H23N. The lowest BCUT2D eigenvalue weighted by molar-refractivity contribution is 0.685. The van der Waals surface area contributed by atoms with E-state index in [0.29, 0.717) is 0 Å². The second kappa shape index (κ2) is 6.49. The van der Waals surface area contributed by atoms with Gasteiger partial charge in [0.2, 0.25) is 0 Å². The Morgan fingerprint density at radius 3 is 2.60 bits per heavy atom. The maximum absolute atomic E-state index is 3.51. The third-order valence-electron chi connectivity index (χ3n) is 2.74. The highest BCUT2D eigenvalue weighted by atomic mass is 14.9. The average Bonchev–Trinajstić information content (AvgIpc) is 2.23. The zero-order valence-electron chi connectivity index (χ0n) is 10.3. The predicted octanol–water partition coefficient (Wildman–Crippen LogP) is 4.30. The van der Waals surface area contributed by atoms with Crippen LogP contribution in [0.15, 0.2) is 18.2 Å². The molecule has 0 unspecified atom stereocenters. The minimum atomic E-state index is 1.10. The molecule has 0 aliphatic carbocycles. The van der Waals surface area contributed by atoms with E-state index >= 15 is 0 Å². The molecule has 0 aliphatic heterocycles. The highest BCUT2D eigenvalue weighted by Gasteiger charge is 1.97. The van der Waals surface area contributed by atoms with Gasteiger partial charge in [-0.1, -0.05) is 38.3 Å². The van der Waals surface area contributed by atoms with Gasteiger partial charge in [0.25, 0.3) is 0 Å². The molecule has 0 fully saturated rings. The van der Waals surface area contributed by atoms with Crippen molar-refractivity contribution in [1.29, 1.82) is 0 Å². The van der Waals surface area contributed by atoms with Crippen molar-refractivity contribution in [2.24, 2.45) is 0 Å². The first-order valence-electron chi connectivity index (χ1n) is 6.05. The monoisotopic (exact) mass is 205 g/mol. The summed E-state index contributed by atoms with van der Waals surface area (Å²) in [5.74, 6) is 0. The van der Waals surface area contributed by atoms with Crippen molar-refractivity contribution in [2.75, 3.05) is 11.9 Å². The molecule has 1 aromatic carbocycles. The van der Waals surface area contributed by atoms with E-state index in [-0.39, 0.29) is 0 Å². The fourth-order valence-corrected chi connectivity index (χ4v) is 1.70. The minimum absolute atomic E-state index is 1.10. The summed E-state index contributed by atoms with van der Waals surface area (Å²) in [5, 5.41) is 3.51. The van der Waals surface area contributed by atoms with Crippen molar-refractivity contribution in [3.8, 4) is 0 Å². The largest absolute Gasteiger partial charge is 0.385 e. The molecule has 1 heteroatoms. The van der Waals surface area contributed by atoms with Gasteiger partial charge >= 0.3 is 0 Å². The number of hydrogen-bond donors (Lipinski definition) is 1. The highest BCUT2D eigenvalue weighted by molar-refractivity contribution is 5.52. The summed E-state index contributed by atoms with van der Waals surface area (Å²) in [6, 6.07) is 6.58. The van der Waals surface area contributed by atoms with E-state index in [9.17, 15) is 0 Å². The third-order valence-corrected chi connectivity index (χ3v) is 2.74. The van der Waals surface area contributed by atoms with E-state index < -0.39 is 0 Å². The Bertz CT molecular complexity index is 291. The van der Waals surface area contributed by atoms with Crippen LogP contribution in [0.4, 0.5) is 5.69 Å². The van der Waals surface area contributed by atoms with Crippen LogP contribution in [0.5, 0.6) is 0 Å². The molecule has 0 saturated carbocycles. The molecule has 1 nitrogen and oxygen atoms in total. The molecule has 0 saturated heterocycles. The molecular weight excluding hydrogens is 182 g/mol. The maximum atomic E-state index is 3.51. The Morgan fingerprint density at radius 2 is 1.87 bits per heavy atom. The second-order valence-electron chi connectivity index (χ2n) is 4.31. The van der Waals surface area contributed by atoms with Gasteiger partial charge in [0.1, 0.15) is 0 Å². The van der Waals surface area contributed by atoms with Crippen molar-refractivity contribution in [2.45, 2.75) is 46.5 Å². The summed E-state index contributed by atoms with van der Waals surface area (Å²) < 4.78 is 0. The molecule has 0 amide bonds. The molecule has 0 atom stereocenters. The zero-order chi connectivity index (χ0) is 11.1. The van der Waals surface area contributed by atoms with Crippen LogP contribution in [0.1, 0.15) is 43.7 Å². The number of anilines is 1.